The minimum atomic E-state index is -0.541. The van der Waals surface area contributed by atoms with E-state index in [0.717, 1.165) is 35.2 Å². The van der Waals surface area contributed by atoms with Gasteiger partial charge in [-0.05, 0) is 48.2 Å². The molecule has 0 unspecified atom stereocenters. The van der Waals surface area contributed by atoms with Crippen LogP contribution >= 0.6 is 0 Å². The van der Waals surface area contributed by atoms with Gasteiger partial charge in [-0.25, -0.2) is 9.80 Å². The van der Waals surface area contributed by atoms with Crippen molar-refractivity contribution in [2.45, 2.75) is 46.2 Å². The lowest BCUT2D eigenvalue weighted by atomic mass is 10.1. The van der Waals surface area contributed by atoms with Crippen LogP contribution < -0.4 is 16.0 Å². The monoisotopic (exact) mass is 520 g/mol. The first kappa shape index (κ1) is 27.1. The molecule has 1 N–H and O–H groups in total. The van der Waals surface area contributed by atoms with Crippen molar-refractivity contribution in [3.8, 4) is 11.5 Å². The number of benzene rings is 2. The molecule has 0 atom stereocenters. The summed E-state index contributed by atoms with van der Waals surface area (Å²) in [7, 11) is 3.30. The van der Waals surface area contributed by atoms with Crippen molar-refractivity contribution in [1.29, 1.82) is 0 Å². The molecule has 0 saturated carbocycles. The Morgan fingerprint density at radius 1 is 1.08 bits per heavy atom. The summed E-state index contributed by atoms with van der Waals surface area (Å²) in [5, 5.41) is 10.8. The van der Waals surface area contributed by atoms with Gasteiger partial charge in [0.25, 0.3) is 5.91 Å². The summed E-state index contributed by atoms with van der Waals surface area (Å²) in [5.74, 6) is -0.572. The van der Waals surface area contributed by atoms with E-state index in [1.54, 1.807) is 23.0 Å². The van der Waals surface area contributed by atoms with E-state index in [1.807, 2.05) is 36.2 Å². The highest BCUT2D eigenvalue weighted by Gasteiger charge is 2.27. The fraction of sp³-hybridized carbons (Fsp3) is 0.429. The number of aryl methyl sites for hydroxylation is 2. The number of carbonyl (C=O) groups excluding carboxylic acids is 2. The molecule has 0 saturated heterocycles. The van der Waals surface area contributed by atoms with Gasteiger partial charge in [-0.2, -0.15) is 4.68 Å². The van der Waals surface area contributed by atoms with Gasteiger partial charge in [-0.1, -0.05) is 44.0 Å². The number of aromatic nitrogens is 2. The highest BCUT2D eigenvalue weighted by molar-refractivity contribution is 5.87. The van der Waals surface area contributed by atoms with Crippen molar-refractivity contribution in [3.05, 3.63) is 69.7 Å². The summed E-state index contributed by atoms with van der Waals surface area (Å²) in [6, 6.07) is 13.6. The maximum Gasteiger partial charge on any atom is 0.437 e. The van der Waals surface area contributed by atoms with Crippen LogP contribution in [-0.2, 0) is 29.7 Å². The lowest BCUT2D eigenvalue weighted by Gasteiger charge is -2.32. The molecule has 3 aromatic rings. The second kappa shape index (κ2) is 12.1. The Morgan fingerprint density at radius 2 is 1.79 bits per heavy atom. The lowest BCUT2D eigenvalue weighted by molar-refractivity contribution is -0.145. The van der Waals surface area contributed by atoms with Crippen LogP contribution in [0.3, 0.4) is 0 Å². The van der Waals surface area contributed by atoms with Crippen molar-refractivity contribution in [3.63, 3.8) is 0 Å². The molecule has 38 heavy (non-hydrogen) atoms. The Morgan fingerprint density at radius 3 is 2.39 bits per heavy atom. The van der Waals surface area contributed by atoms with Crippen LogP contribution in [0.2, 0.25) is 0 Å². The van der Waals surface area contributed by atoms with E-state index < -0.39 is 5.76 Å². The molecule has 2 heterocycles. The Labute approximate surface area is 222 Å². The number of hydrogen-bond acceptors (Lipinski definition) is 7. The molecule has 2 amide bonds. The second-order valence-corrected chi connectivity index (χ2v) is 9.72. The molecule has 0 bridgehead atoms. The van der Waals surface area contributed by atoms with Crippen molar-refractivity contribution in [2.75, 3.05) is 31.6 Å². The molecule has 0 radical (unpaired) electrons. The van der Waals surface area contributed by atoms with Gasteiger partial charge in [0.15, 0.2) is 0 Å². The number of carbonyl (C=O) groups is 2. The molecular formula is C28H36N6O4. The zero-order valence-corrected chi connectivity index (χ0v) is 22.6. The van der Waals surface area contributed by atoms with Crippen LogP contribution in [0.4, 0.5) is 5.69 Å². The average Bonchev–Trinajstić information content (AvgIpc) is 3.48. The molecule has 1 aliphatic heterocycles. The summed E-state index contributed by atoms with van der Waals surface area (Å²) in [5.41, 5.74) is 4.65. The van der Waals surface area contributed by atoms with Crippen LogP contribution in [-0.4, -0.2) is 58.3 Å². The van der Waals surface area contributed by atoms with E-state index in [4.69, 9.17) is 4.42 Å². The van der Waals surface area contributed by atoms with Gasteiger partial charge in [0.2, 0.25) is 11.8 Å². The summed E-state index contributed by atoms with van der Waals surface area (Å²) in [6.45, 7) is 6.04. The number of nitrogens with one attached hydrogen (secondary N) is 1. The number of nitrogens with zero attached hydrogens (tertiary/aromatic N) is 5. The van der Waals surface area contributed by atoms with Gasteiger partial charge in [0.1, 0.15) is 0 Å². The van der Waals surface area contributed by atoms with E-state index in [-0.39, 0.29) is 30.8 Å². The van der Waals surface area contributed by atoms with Crippen LogP contribution in [0.15, 0.2) is 51.7 Å². The number of fused-ring (bicyclic) bond motifs is 1. The molecule has 2 aromatic carbocycles. The number of likely N-dealkylation sites (N-methyl/N-ethyl adjacent to an activating group) is 1. The Bertz CT molecular complexity index is 1320. The normalized spacial score (nSPS) is 12.8. The number of amides is 2. The predicted molar refractivity (Wildman–Crippen MR) is 145 cm³/mol. The molecule has 0 fully saturated rings. The van der Waals surface area contributed by atoms with Gasteiger partial charge >= 0.3 is 5.76 Å². The van der Waals surface area contributed by atoms with Gasteiger partial charge < -0.3 is 14.6 Å². The maximum atomic E-state index is 13.4. The molecule has 0 spiro atoms. The van der Waals surface area contributed by atoms with Crippen LogP contribution in [0.1, 0.15) is 42.9 Å². The van der Waals surface area contributed by atoms with Crippen molar-refractivity contribution in [1.82, 2.24) is 25.1 Å². The first-order valence-electron chi connectivity index (χ1n) is 13.0. The fourth-order valence-corrected chi connectivity index (χ4v) is 4.62. The Kier molecular flexibility index (Phi) is 8.62. The third-order valence-corrected chi connectivity index (χ3v) is 6.85. The largest absolute Gasteiger partial charge is 0.437 e. The van der Waals surface area contributed by atoms with Crippen molar-refractivity contribution in [2.24, 2.45) is 7.05 Å². The summed E-state index contributed by atoms with van der Waals surface area (Å²) in [4.78, 5) is 39.8. The number of hydrazine groups is 1. The predicted octanol–water partition coefficient (Wildman–Crippen LogP) is 2.85. The number of hydrogen-bond donors (Lipinski definition) is 1. The molecule has 202 valence electrons. The SMILES string of the molecule is CCCCCNC(=O)CN(CC(=O)N(C)N1Cc2ccccc2C1)c1ccc(-c2nn(C)c(=O)o2)cc1C. The van der Waals surface area contributed by atoms with Crippen LogP contribution in [0.25, 0.3) is 11.5 Å². The zero-order chi connectivity index (χ0) is 27.2. The summed E-state index contributed by atoms with van der Waals surface area (Å²) < 4.78 is 6.35. The number of unbranched alkanes of at least 4 members (excludes halogenated alkanes) is 2. The molecule has 10 nitrogen and oxygen atoms in total. The average molecular weight is 521 g/mol. The molecule has 10 heteroatoms. The van der Waals surface area contributed by atoms with Gasteiger partial charge in [-0.3, -0.25) is 14.6 Å². The second-order valence-electron chi connectivity index (χ2n) is 9.72. The van der Waals surface area contributed by atoms with E-state index >= 15 is 0 Å². The van der Waals surface area contributed by atoms with E-state index in [2.05, 4.69) is 29.5 Å². The van der Waals surface area contributed by atoms with Gasteiger partial charge in [-0.15, -0.1) is 5.10 Å². The fourth-order valence-electron chi connectivity index (χ4n) is 4.62. The third-order valence-electron chi connectivity index (χ3n) is 6.85. The Balaban J connectivity index is 1.51. The Hall–Kier alpha value is -3.92. The molecule has 0 aliphatic carbocycles. The summed E-state index contributed by atoms with van der Waals surface area (Å²) >= 11 is 0. The first-order valence-corrected chi connectivity index (χ1v) is 13.0. The molecule has 4 rings (SSSR count). The van der Waals surface area contributed by atoms with E-state index in [0.29, 0.717) is 25.2 Å². The van der Waals surface area contributed by atoms with Gasteiger partial charge in [0, 0.05) is 45.0 Å². The number of rotatable bonds is 11. The standard InChI is InChI=1S/C28H36N6O4/c1-5-6-9-14-29-25(35)18-33(19-26(36)32(4)34-16-22-10-7-8-11-23(22)17-34)24-13-12-21(15-20(24)2)27-30-31(3)28(37)38-27/h7-8,10-13,15H,5-6,9,14,16-19H2,1-4H3,(H,29,35). The molecule has 1 aromatic heterocycles. The quantitative estimate of drug-likeness (QED) is 0.388. The highest BCUT2D eigenvalue weighted by Crippen LogP contribution is 2.27. The smallest absolute Gasteiger partial charge is 0.388 e. The van der Waals surface area contributed by atoms with E-state index in [1.165, 1.54) is 18.2 Å². The van der Waals surface area contributed by atoms with E-state index in [9.17, 15) is 14.4 Å². The van der Waals surface area contributed by atoms with Crippen LogP contribution in [0, 0.1) is 6.92 Å². The summed E-state index contributed by atoms with van der Waals surface area (Å²) in [6.07, 6.45) is 3.04. The topological polar surface area (TPSA) is 104 Å². The minimum absolute atomic E-state index is 0.0323. The molecular weight excluding hydrogens is 484 g/mol. The highest BCUT2D eigenvalue weighted by atomic mass is 16.4. The lowest BCUT2D eigenvalue weighted by Crippen LogP contribution is -2.48. The molecule has 1 aliphatic rings. The third kappa shape index (κ3) is 6.31. The minimum Gasteiger partial charge on any atom is -0.388 e. The van der Waals surface area contributed by atoms with Crippen molar-refractivity contribution < 1.29 is 14.0 Å². The number of anilines is 1. The van der Waals surface area contributed by atoms with Crippen LogP contribution in [0.5, 0.6) is 0 Å². The first-order chi connectivity index (χ1) is 18.3. The zero-order valence-electron chi connectivity index (χ0n) is 22.6. The van der Waals surface area contributed by atoms with Crippen molar-refractivity contribution >= 4 is 17.5 Å². The van der Waals surface area contributed by atoms with Gasteiger partial charge in [0.05, 0.1) is 13.1 Å². The maximum absolute atomic E-state index is 13.4.